The molecule has 26 heavy (non-hydrogen) atoms. The van der Waals surface area contributed by atoms with Gasteiger partial charge in [0.15, 0.2) is 5.96 Å². The number of aliphatic imine (C=N–C) groups is 1. The maximum Gasteiger partial charge on any atom is 0.401 e. The molecule has 9 heteroatoms. The molecule has 1 aromatic heterocycles. The van der Waals surface area contributed by atoms with E-state index in [1.54, 1.807) is 18.4 Å². The van der Waals surface area contributed by atoms with Crippen molar-refractivity contribution in [2.75, 3.05) is 39.8 Å². The van der Waals surface area contributed by atoms with Gasteiger partial charge < -0.3 is 10.6 Å². The molecule has 4 nitrogen and oxygen atoms in total. The van der Waals surface area contributed by atoms with Crippen molar-refractivity contribution in [3.63, 3.8) is 0 Å². The van der Waals surface area contributed by atoms with Crippen LogP contribution in [0.15, 0.2) is 22.5 Å². The van der Waals surface area contributed by atoms with Gasteiger partial charge in [0.2, 0.25) is 0 Å². The second-order valence-electron chi connectivity index (χ2n) is 6.38. The first kappa shape index (κ1) is 23.5. The lowest BCUT2D eigenvalue weighted by molar-refractivity contribution is -0.148. The summed E-state index contributed by atoms with van der Waals surface area (Å²) >= 11 is 1.75. The van der Waals surface area contributed by atoms with Crippen LogP contribution in [0.1, 0.15) is 24.1 Å². The van der Waals surface area contributed by atoms with Crippen LogP contribution >= 0.6 is 35.3 Å². The molecule has 0 spiro atoms. The van der Waals surface area contributed by atoms with Gasteiger partial charge in [0.05, 0.1) is 6.54 Å². The van der Waals surface area contributed by atoms with Crippen molar-refractivity contribution >= 4 is 41.3 Å². The molecule has 1 aromatic rings. The minimum atomic E-state index is -4.09. The maximum absolute atomic E-state index is 12.4. The third-order valence-corrected chi connectivity index (χ3v) is 5.36. The van der Waals surface area contributed by atoms with Crippen molar-refractivity contribution in [2.45, 2.75) is 31.9 Å². The summed E-state index contributed by atoms with van der Waals surface area (Å²) in [5.74, 6) is 1.27. The van der Waals surface area contributed by atoms with Crippen LogP contribution in [0.3, 0.4) is 0 Å². The fourth-order valence-corrected chi connectivity index (χ4v) is 3.77. The van der Waals surface area contributed by atoms with Crippen LogP contribution < -0.4 is 10.6 Å². The molecule has 2 heterocycles. The third-order valence-electron chi connectivity index (χ3n) is 4.42. The summed E-state index contributed by atoms with van der Waals surface area (Å²) in [4.78, 5) is 7.06. The number of nitrogens with zero attached hydrogens (tertiary/aromatic N) is 2. The number of piperidine rings is 1. The average molecular weight is 504 g/mol. The third kappa shape index (κ3) is 9.40. The molecular formula is C17H28F3IN4S. The largest absolute Gasteiger partial charge is 0.401 e. The number of rotatable bonds is 7. The van der Waals surface area contributed by atoms with Gasteiger partial charge in [-0.15, -0.1) is 35.3 Å². The number of thiophene rings is 1. The zero-order chi connectivity index (χ0) is 18.1. The summed E-state index contributed by atoms with van der Waals surface area (Å²) in [5, 5.41) is 8.66. The maximum atomic E-state index is 12.4. The summed E-state index contributed by atoms with van der Waals surface area (Å²) in [6.07, 6.45) is -0.485. The Bertz CT molecular complexity index is 515. The summed E-state index contributed by atoms with van der Waals surface area (Å²) in [6, 6.07) is 4.17. The van der Waals surface area contributed by atoms with Gasteiger partial charge in [-0.05, 0) is 56.1 Å². The minimum absolute atomic E-state index is 0. The van der Waals surface area contributed by atoms with E-state index < -0.39 is 12.7 Å². The number of likely N-dealkylation sites (tertiary alicyclic amines) is 1. The van der Waals surface area contributed by atoms with Crippen molar-refractivity contribution in [2.24, 2.45) is 10.9 Å². The number of hydrogen-bond donors (Lipinski definition) is 2. The fourth-order valence-electron chi connectivity index (χ4n) is 3.06. The predicted molar refractivity (Wildman–Crippen MR) is 113 cm³/mol. The first-order valence-electron chi connectivity index (χ1n) is 8.72. The van der Waals surface area contributed by atoms with Crippen LogP contribution in [0, 0.1) is 5.92 Å². The van der Waals surface area contributed by atoms with Crippen LogP contribution in [0.5, 0.6) is 0 Å². The van der Waals surface area contributed by atoms with Crippen LogP contribution in [0.4, 0.5) is 13.2 Å². The van der Waals surface area contributed by atoms with Crippen molar-refractivity contribution < 1.29 is 13.2 Å². The van der Waals surface area contributed by atoms with Gasteiger partial charge in [-0.1, -0.05) is 6.07 Å². The zero-order valence-electron chi connectivity index (χ0n) is 15.0. The van der Waals surface area contributed by atoms with Crippen molar-refractivity contribution in [3.8, 4) is 0 Å². The molecule has 0 aliphatic carbocycles. The zero-order valence-corrected chi connectivity index (χ0v) is 18.2. The molecule has 1 aliphatic heterocycles. The lowest BCUT2D eigenvalue weighted by Gasteiger charge is -2.32. The Morgan fingerprint density at radius 2 is 1.96 bits per heavy atom. The fraction of sp³-hybridized carbons (Fsp3) is 0.706. The van der Waals surface area contributed by atoms with E-state index in [0.717, 1.165) is 44.7 Å². The molecule has 150 valence electrons. The van der Waals surface area contributed by atoms with Crippen LogP contribution in [0.25, 0.3) is 0 Å². The van der Waals surface area contributed by atoms with Gasteiger partial charge in [-0.25, -0.2) is 0 Å². The monoisotopic (exact) mass is 504 g/mol. The summed E-state index contributed by atoms with van der Waals surface area (Å²) < 4.78 is 37.2. The molecule has 1 aliphatic rings. The van der Waals surface area contributed by atoms with E-state index in [9.17, 15) is 13.2 Å². The standard InChI is InChI=1S/C17H27F3N4S.HI/c1-21-16(23-9-5-15-3-2-12-25-15)22-8-4-14-6-10-24(11-7-14)13-17(18,19)20;/h2-3,12,14H,4-11,13H2,1H3,(H2,21,22,23);1H. The van der Waals surface area contributed by atoms with E-state index in [4.69, 9.17) is 0 Å². The molecule has 1 saturated heterocycles. The summed E-state index contributed by atoms with van der Waals surface area (Å²) in [6.45, 7) is 1.92. The second-order valence-corrected chi connectivity index (χ2v) is 7.41. The molecule has 2 N–H and O–H groups in total. The molecule has 2 rings (SSSR count). The Morgan fingerprint density at radius 3 is 2.54 bits per heavy atom. The number of halogens is 4. The van der Waals surface area contributed by atoms with Crippen LogP contribution in [0.2, 0.25) is 0 Å². The second kappa shape index (κ2) is 12.0. The SMILES string of the molecule is CN=C(NCCc1cccs1)NCCC1CCN(CC(F)(F)F)CC1.I. The highest BCUT2D eigenvalue weighted by molar-refractivity contribution is 14.0. The molecule has 0 aromatic carbocycles. The Kier molecular flexibility index (Phi) is 10.9. The summed E-state index contributed by atoms with van der Waals surface area (Å²) in [7, 11) is 1.75. The van der Waals surface area contributed by atoms with Crippen molar-refractivity contribution in [1.29, 1.82) is 0 Å². The molecule has 0 amide bonds. The van der Waals surface area contributed by atoms with E-state index in [1.807, 2.05) is 6.07 Å². The predicted octanol–water partition coefficient (Wildman–Crippen LogP) is 3.74. The Labute approximate surface area is 174 Å². The van der Waals surface area contributed by atoms with Gasteiger partial charge >= 0.3 is 6.18 Å². The highest BCUT2D eigenvalue weighted by Gasteiger charge is 2.32. The molecule has 0 unspecified atom stereocenters. The Morgan fingerprint density at radius 1 is 1.27 bits per heavy atom. The van der Waals surface area contributed by atoms with Gasteiger partial charge in [0.25, 0.3) is 0 Å². The first-order valence-corrected chi connectivity index (χ1v) is 9.60. The van der Waals surface area contributed by atoms with Gasteiger partial charge in [-0.2, -0.15) is 13.2 Å². The highest BCUT2D eigenvalue weighted by atomic mass is 127. The Balaban J connectivity index is 0.00000338. The van der Waals surface area contributed by atoms with E-state index in [-0.39, 0.29) is 24.0 Å². The molecule has 1 fully saturated rings. The molecule has 0 saturated carbocycles. The van der Waals surface area contributed by atoms with E-state index in [0.29, 0.717) is 19.0 Å². The summed E-state index contributed by atoms with van der Waals surface area (Å²) in [5.41, 5.74) is 0. The van der Waals surface area contributed by atoms with Gasteiger partial charge in [0, 0.05) is 25.0 Å². The number of alkyl halides is 3. The molecule has 0 bridgehead atoms. The van der Waals surface area contributed by atoms with Crippen molar-refractivity contribution in [3.05, 3.63) is 22.4 Å². The lowest BCUT2D eigenvalue weighted by atomic mass is 9.93. The van der Waals surface area contributed by atoms with Crippen LogP contribution in [-0.4, -0.2) is 56.8 Å². The van der Waals surface area contributed by atoms with E-state index >= 15 is 0 Å². The van der Waals surface area contributed by atoms with E-state index in [1.165, 1.54) is 9.78 Å². The molecular weight excluding hydrogens is 476 g/mol. The first-order chi connectivity index (χ1) is 12.0. The quantitative estimate of drug-likeness (QED) is 0.338. The normalized spacial score (nSPS) is 17.0. The van der Waals surface area contributed by atoms with Crippen molar-refractivity contribution in [1.82, 2.24) is 15.5 Å². The lowest BCUT2D eigenvalue weighted by Crippen LogP contribution is -2.42. The van der Waals surface area contributed by atoms with Crippen LogP contribution in [-0.2, 0) is 6.42 Å². The van der Waals surface area contributed by atoms with Gasteiger partial charge in [-0.3, -0.25) is 9.89 Å². The average Bonchev–Trinajstić information content (AvgIpc) is 3.07. The Hall–Kier alpha value is -0.550. The highest BCUT2D eigenvalue weighted by Crippen LogP contribution is 2.23. The molecule has 0 radical (unpaired) electrons. The van der Waals surface area contributed by atoms with Gasteiger partial charge in [0.1, 0.15) is 0 Å². The minimum Gasteiger partial charge on any atom is -0.356 e. The topological polar surface area (TPSA) is 39.7 Å². The number of nitrogens with one attached hydrogen (secondary N) is 2. The van der Waals surface area contributed by atoms with E-state index in [2.05, 4.69) is 27.1 Å². The number of hydrogen-bond acceptors (Lipinski definition) is 3. The number of guanidine groups is 1. The smallest absolute Gasteiger partial charge is 0.356 e. The molecule has 0 atom stereocenters.